The summed E-state index contributed by atoms with van der Waals surface area (Å²) in [4.78, 5) is 19.1. The highest BCUT2D eigenvalue weighted by Crippen LogP contribution is 2.25. The van der Waals surface area contributed by atoms with Gasteiger partial charge in [-0.15, -0.1) is 0 Å². The van der Waals surface area contributed by atoms with Crippen molar-refractivity contribution in [1.29, 1.82) is 0 Å². The lowest BCUT2D eigenvalue weighted by atomic mass is 10.0. The molecule has 0 bridgehead atoms. The number of benzene rings is 1. The first-order valence-electron chi connectivity index (χ1n) is 9.82. The molecule has 3 heterocycles. The van der Waals surface area contributed by atoms with Gasteiger partial charge in [0.05, 0.1) is 19.3 Å². The van der Waals surface area contributed by atoms with Crippen LogP contribution in [0, 0.1) is 0 Å². The van der Waals surface area contributed by atoms with Crippen LogP contribution in [0.4, 0.5) is 0 Å². The second-order valence-electron chi connectivity index (χ2n) is 7.13. The van der Waals surface area contributed by atoms with E-state index >= 15 is 0 Å². The van der Waals surface area contributed by atoms with Gasteiger partial charge in [0.25, 0.3) is 0 Å². The molecule has 2 aliphatic rings. The number of rotatable bonds is 6. The maximum atomic E-state index is 12.7. The molecular weight excluding hydrogens is 382 g/mol. The van der Waals surface area contributed by atoms with E-state index in [9.17, 15) is 4.79 Å². The zero-order valence-corrected chi connectivity index (χ0v) is 16.4. The summed E-state index contributed by atoms with van der Waals surface area (Å²) in [6, 6.07) is 7.31. The number of halogens is 1. The molecule has 8 heteroatoms. The molecule has 2 aromatic rings. The van der Waals surface area contributed by atoms with E-state index in [0.717, 1.165) is 31.4 Å². The third kappa shape index (κ3) is 4.54. The van der Waals surface area contributed by atoms with Crippen molar-refractivity contribution in [3.8, 4) is 11.4 Å². The lowest BCUT2D eigenvalue weighted by Gasteiger charge is -2.38. The normalized spacial score (nSPS) is 20.6. The molecular formula is C20H24ClN3O4. The molecule has 0 radical (unpaired) electrons. The van der Waals surface area contributed by atoms with Gasteiger partial charge in [0.2, 0.25) is 17.6 Å². The summed E-state index contributed by atoms with van der Waals surface area (Å²) in [6.45, 7) is 1.99. The van der Waals surface area contributed by atoms with Crippen LogP contribution in [0.25, 0.3) is 11.4 Å². The van der Waals surface area contributed by atoms with E-state index < -0.39 is 0 Å². The highest BCUT2D eigenvalue weighted by molar-refractivity contribution is 6.30. The number of likely N-dealkylation sites (tertiary alicyclic amines) is 1. The Morgan fingerprint density at radius 3 is 2.75 bits per heavy atom. The second kappa shape index (κ2) is 9.03. The average molecular weight is 406 g/mol. The molecule has 2 saturated heterocycles. The first kappa shape index (κ1) is 19.4. The summed E-state index contributed by atoms with van der Waals surface area (Å²) in [5.74, 6) is 1.21. The minimum Gasteiger partial charge on any atom is -0.348 e. The van der Waals surface area contributed by atoms with E-state index in [0.29, 0.717) is 49.2 Å². The van der Waals surface area contributed by atoms with Crippen LogP contribution in [-0.4, -0.2) is 53.0 Å². The van der Waals surface area contributed by atoms with E-state index in [4.69, 9.17) is 25.6 Å². The van der Waals surface area contributed by atoms with Crippen molar-refractivity contribution < 1.29 is 18.8 Å². The van der Waals surface area contributed by atoms with Crippen LogP contribution in [0.5, 0.6) is 0 Å². The number of aryl methyl sites for hydroxylation is 1. The average Bonchev–Trinajstić information content (AvgIpc) is 3.41. The number of aromatic nitrogens is 2. The summed E-state index contributed by atoms with van der Waals surface area (Å²) in [6.07, 6.45) is 4.47. The van der Waals surface area contributed by atoms with Crippen molar-refractivity contribution in [3.05, 3.63) is 35.2 Å². The maximum absolute atomic E-state index is 12.7. The van der Waals surface area contributed by atoms with Gasteiger partial charge in [-0.3, -0.25) is 4.79 Å². The Morgan fingerprint density at radius 1 is 1.18 bits per heavy atom. The minimum absolute atomic E-state index is 0.0312. The fourth-order valence-corrected chi connectivity index (χ4v) is 3.88. The number of carbonyl (C=O) groups is 1. The smallest absolute Gasteiger partial charge is 0.226 e. The topological polar surface area (TPSA) is 77.7 Å². The summed E-state index contributed by atoms with van der Waals surface area (Å²) < 4.78 is 16.6. The van der Waals surface area contributed by atoms with Crippen molar-refractivity contribution in [1.82, 2.24) is 15.0 Å². The Morgan fingerprint density at radius 2 is 1.96 bits per heavy atom. The first-order chi connectivity index (χ1) is 13.7. The van der Waals surface area contributed by atoms with Crippen LogP contribution in [0.1, 0.15) is 38.0 Å². The van der Waals surface area contributed by atoms with Crippen LogP contribution >= 0.6 is 11.6 Å². The van der Waals surface area contributed by atoms with Crippen LogP contribution in [-0.2, 0) is 20.7 Å². The molecule has 0 saturated carbocycles. The van der Waals surface area contributed by atoms with E-state index in [2.05, 4.69) is 10.1 Å². The van der Waals surface area contributed by atoms with Gasteiger partial charge in [-0.2, -0.15) is 4.98 Å². The van der Waals surface area contributed by atoms with Gasteiger partial charge in [0, 0.05) is 30.0 Å². The first-order valence-corrected chi connectivity index (χ1v) is 10.2. The molecule has 0 N–H and O–H groups in total. The third-order valence-electron chi connectivity index (χ3n) is 5.18. The Balaban J connectivity index is 1.29. The SMILES string of the molecule is O=C(CCCc1nc(-c2ccc(Cl)cc2)no1)N1CCCCC1C1OCCO1. The number of hydrogen-bond acceptors (Lipinski definition) is 6. The Hall–Kier alpha value is -1.96. The Labute approximate surface area is 168 Å². The number of carbonyl (C=O) groups excluding carboxylic acids is 1. The molecule has 4 rings (SSSR count). The van der Waals surface area contributed by atoms with Gasteiger partial charge in [-0.25, -0.2) is 0 Å². The second-order valence-corrected chi connectivity index (χ2v) is 7.57. The number of hydrogen-bond donors (Lipinski definition) is 0. The van der Waals surface area contributed by atoms with Gasteiger partial charge < -0.3 is 18.9 Å². The lowest BCUT2D eigenvalue weighted by molar-refractivity contribution is -0.150. The monoisotopic (exact) mass is 405 g/mol. The molecule has 1 unspecified atom stereocenters. The van der Waals surface area contributed by atoms with E-state index in [1.54, 1.807) is 12.1 Å². The maximum Gasteiger partial charge on any atom is 0.226 e. The van der Waals surface area contributed by atoms with Crippen LogP contribution in [0.2, 0.25) is 5.02 Å². The number of nitrogens with zero attached hydrogens (tertiary/aromatic N) is 3. The molecule has 2 aliphatic heterocycles. The molecule has 1 amide bonds. The van der Waals surface area contributed by atoms with E-state index in [1.165, 1.54) is 0 Å². The molecule has 2 fully saturated rings. The molecule has 1 aromatic heterocycles. The van der Waals surface area contributed by atoms with Gasteiger partial charge in [-0.05, 0) is 49.9 Å². The molecule has 0 spiro atoms. The Kier molecular flexibility index (Phi) is 6.24. The summed E-state index contributed by atoms with van der Waals surface area (Å²) in [5, 5.41) is 4.67. The van der Waals surface area contributed by atoms with Crippen LogP contribution in [0.3, 0.4) is 0 Å². The fourth-order valence-electron chi connectivity index (χ4n) is 3.76. The van der Waals surface area contributed by atoms with Crippen molar-refractivity contribution >= 4 is 17.5 Å². The largest absolute Gasteiger partial charge is 0.348 e. The lowest BCUT2D eigenvalue weighted by Crippen LogP contribution is -2.50. The zero-order valence-electron chi connectivity index (χ0n) is 15.7. The van der Waals surface area contributed by atoms with Crippen molar-refractivity contribution in [2.75, 3.05) is 19.8 Å². The van der Waals surface area contributed by atoms with Gasteiger partial charge in [0.1, 0.15) is 0 Å². The standard InChI is InChI=1S/C20H24ClN3O4/c21-15-9-7-14(8-10-15)19-22-17(28-23-19)5-3-6-18(25)24-11-2-1-4-16(24)20-26-12-13-27-20/h7-10,16,20H,1-6,11-13H2. The predicted octanol–water partition coefficient (Wildman–Crippen LogP) is 3.47. The quantitative estimate of drug-likeness (QED) is 0.732. The minimum atomic E-state index is -0.276. The molecule has 1 atom stereocenters. The highest BCUT2D eigenvalue weighted by Gasteiger charge is 2.35. The van der Waals surface area contributed by atoms with Gasteiger partial charge in [0.15, 0.2) is 6.29 Å². The van der Waals surface area contributed by atoms with Gasteiger partial charge in [-0.1, -0.05) is 16.8 Å². The van der Waals surface area contributed by atoms with E-state index in [-0.39, 0.29) is 18.2 Å². The molecule has 1 aromatic carbocycles. The molecule has 150 valence electrons. The van der Waals surface area contributed by atoms with Crippen molar-refractivity contribution in [2.24, 2.45) is 0 Å². The predicted molar refractivity (Wildman–Crippen MR) is 103 cm³/mol. The van der Waals surface area contributed by atoms with Crippen molar-refractivity contribution in [2.45, 2.75) is 50.9 Å². The van der Waals surface area contributed by atoms with Gasteiger partial charge >= 0.3 is 0 Å². The summed E-state index contributed by atoms with van der Waals surface area (Å²) in [5.41, 5.74) is 0.850. The Bertz CT molecular complexity index is 789. The van der Waals surface area contributed by atoms with Crippen molar-refractivity contribution in [3.63, 3.8) is 0 Å². The zero-order chi connectivity index (χ0) is 19.3. The van der Waals surface area contributed by atoms with Crippen LogP contribution in [0.15, 0.2) is 28.8 Å². The number of piperidine rings is 1. The number of ether oxygens (including phenoxy) is 2. The summed E-state index contributed by atoms with van der Waals surface area (Å²) in [7, 11) is 0. The third-order valence-corrected chi connectivity index (χ3v) is 5.44. The van der Waals surface area contributed by atoms with E-state index in [1.807, 2.05) is 17.0 Å². The molecule has 28 heavy (non-hydrogen) atoms. The molecule has 0 aliphatic carbocycles. The summed E-state index contributed by atoms with van der Waals surface area (Å²) >= 11 is 5.90. The van der Waals surface area contributed by atoms with Crippen LogP contribution < -0.4 is 0 Å². The highest BCUT2D eigenvalue weighted by atomic mass is 35.5. The fraction of sp³-hybridized carbons (Fsp3) is 0.550. The molecule has 7 nitrogen and oxygen atoms in total. The number of amides is 1.